The highest BCUT2D eigenvalue weighted by Gasteiger charge is 2.21. The van der Waals surface area contributed by atoms with Gasteiger partial charge in [-0.1, -0.05) is 12.1 Å². The van der Waals surface area contributed by atoms with Gasteiger partial charge in [-0.2, -0.15) is 5.10 Å². The second-order valence-electron chi connectivity index (χ2n) is 8.25. The summed E-state index contributed by atoms with van der Waals surface area (Å²) in [5.74, 6) is 0.541. The van der Waals surface area contributed by atoms with Crippen molar-refractivity contribution in [3.8, 4) is 17.0 Å². The topological polar surface area (TPSA) is 84.3 Å². The van der Waals surface area contributed by atoms with E-state index in [1.165, 1.54) is 23.1 Å². The Kier molecular flexibility index (Phi) is 7.20. The molecule has 0 saturated carbocycles. The Morgan fingerprint density at radius 2 is 2.09 bits per heavy atom. The third-order valence-electron chi connectivity index (χ3n) is 5.64. The normalized spacial score (nSPS) is 12.6. The van der Waals surface area contributed by atoms with Gasteiger partial charge in [0.1, 0.15) is 5.03 Å². The van der Waals surface area contributed by atoms with Crippen LogP contribution in [0.5, 0.6) is 5.88 Å². The Morgan fingerprint density at radius 1 is 1.24 bits per heavy atom. The number of rotatable bonds is 8. The maximum Gasteiger partial charge on any atom is 0.329 e. The lowest BCUT2D eigenvalue weighted by Gasteiger charge is -2.16. The van der Waals surface area contributed by atoms with Crippen molar-refractivity contribution in [1.82, 2.24) is 24.4 Å². The largest absolute Gasteiger partial charge is 0.481 e. The molecule has 0 saturated heterocycles. The summed E-state index contributed by atoms with van der Waals surface area (Å²) in [7, 11) is 5.65. The third-order valence-corrected chi connectivity index (χ3v) is 6.34. The van der Waals surface area contributed by atoms with Crippen molar-refractivity contribution in [1.29, 1.82) is 0 Å². The Bertz CT molecular complexity index is 1140. The van der Waals surface area contributed by atoms with Gasteiger partial charge in [-0.3, -0.25) is 9.40 Å². The number of methoxy groups -OCH3 is 1. The first-order chi connectivity index (χ1) is 16.0. The van der Waals surface area contributed by atoms with E-state index in [9.17, 15) is 4.79 Å². The van der Waals surface area contributed by atoms with E-state index in [2.05, 4.69) is 44.1 Å². The van der Waals surface area contributed by atoms with E-state index in [-0.39, 0.29) is 6.03 Å². The first kappa shape index (κ1) is 23.1. The van der Waals surface area contributed by atoms with Crippen LogP contribution in [0.25, 0.3) is 11.1 Å². The molecule has 2 N–H and O–H groups in total. The summed E-state index contributed by atoms with van der Waals surface area (Å²) in [6.45, 7) is 3.64. The van der Waals surface area contributed by atoms with Crippen LogP contribution in [0.1, 0.15) is 30.2 Å². The van der Waals surface area contributed by atoms with Gasteiger partial charge in [0.2, 0.25) is 5.88 Å². The van der Waals surface area contributed by atoms with Gasteiger partial charge in [-0.15, -0.1) is 0 Å². The maximum absolute atomic E-state index is 12.9. The zero-order valence-corrected chi connectivity index (χ0v) is 20.3. The molecule has 0 radical (unpaired) electrons. The first-order valence-corrected chi connectivity index (χ1v) is 11.9. The first-order valence-electron chi connectivity index (χ1n) is 11.1. The smallest absolute Gasteiger partial charge is 0.329 e. The molecular weight excluding hydrogens is 436 g/mol. The summed E-state index contributed by atoms with van der Waals surface area (Å²) in [5.41, 5.74) is 6.37. The van der Waals surface area contributed by atoms with Crippen LogP contribution in [-0.2, 0) is 25.9 Å². The summed E-state index contributed by atoms with van der Waals surface area (Å²) >= 11 is 1.22. The van der Waals surface area contributed by atoms with Crippen molar-refractivity contribution in [2.45, 2.75) is 44.3 Å². The van der Waals surface area contributed by atoms with Crippen molar-refractivity contribution >= 4 is 23.7 Å². The number of pyridine rings is 1. The zero-order chi connectivity index (χ0) is 23.4. The minimum absolute atomic E-state index is 0.275. The summed E-state index contributed by atoms with van der Waals surface area (Å²) < 4.78 is 10.2. The molecule has 0 spiro atoms. The fourth-order valence-corrected chi connectivity index (χ4v) is 4.76. The molecule has 0 atom stereocenters. The Labute approximate surface area is 198 Å². The molecule has 8 nitrogen and oxygen atoms in total. The van der Waals surface area contributed by atoms with E-state index in [0.717, 1.165) is 59.9 Å². The van der Waals surface area contributed by atoms with Crippen LogP contribution in [0, 0.1) is 0 Å². The Hall–Kier alpha value is -3.04. The van der Waals surface area contributed by atoms with Crippen molar-refractivity contribution in [3.63, 3.8) is 0 Å². The van der Waals surface area contributed by atoms with Crippen LogP contribution < -0.4 is 14.8 Å². The molecule has 2 heterocycles. The number of hydrogen-bond acceptors (Lipinski definition) is 6. The van der Waals surface area contributed by atoms with Gasteiger partial charge < -0.3 is 15.0 Å². The van der Waals surface area contributed by atoms with Crippen molar-refractivity contribution in [2.75, 3.05) is 26.5 Å². The van der Waals surface area contributed by atoms with E-state index in [1.54, 1.807) is 13.3 Å². The number of hydrogen-bond donors (Lipinski definition) is 2. The van der Waals surface area contributed by atoms with E-state index in [1.807, 2.05) is 37.0 Å². The van der Waals surface area contributed by atoms with Crippen LogP contribution in [-0.4, -0.2) is 46.9 Å². The summed E-state index contributed by atoms with van der Waals surface area (Å²) in [6, 6.07) is 9.79. The number of anilines is 1. The average molecular weight is 467 g/mol. The van der Waals surface area contributed by atoms with Crippen LogP contribution in [0.15, 0.2) is 41.6 Å². The van der Waals surface area contributed by atoms with Crippen LogP contribution >= 0.6 is 11.9 Å². The monoisotopic (exact) mass is 466 g/mol. The second-order valence-corrected chi connectivity index (χ2v) is 9.08. The third kappa shape index (κ3) is 5.31. The molecule has 1 aliphatic carbocycles. The number of aryl methyl sites for hydroxylation is 2. The number of fused-ring (bicyclic) bond motifs is 1. The fourth-order valence-electron chi connectivity index (χ4n) is 4.18. The Balaban J connectivity index is 1.53. The summed E-state index contributed by atoms with van der Waals surface area (Å²) in [6.07, 6.45) is 4.79. The van der Waals surface area contributed by atoms with Gasteiger partial charge in [-0.05, 0) is 69.1 Å². The van der Waals surface area contributed by atoms with Gasteiger partial charge in [0.05, 0.1) is 18.5 Å². The SMILES string of the molecule is CCn1nc(SNC(=O)Nc2c(-c3ccnc(OC)c3)ccc3c2CCC3)cc1CN(C)C. The van der Waals surface area contributed by atoms with E-state index in [4.69, 9.17) is 4.74 Å². The van der Waals surface area contributed by atoms with E-state index < -0.39 is 0 Å². The number of ether oxygens (including phenoxy) is 1. The number of urea groups is 1. The molecule has 0 unspecified atom stereocenters. The predicted octanol–water partition coefficient (Wildman–Crippen LogP) is 4.35. The maximum atomic E-state index is 12.9. The lowest BCUT2D eigenvalue weighted by molar-refractivity contribution is 0.257. The fraction of sp³-hybridized carbons (Fsp3) is 0.375. The van der Waals surface area contributed by atoms with E-state index >= 15 is 0 Å². The minimum atomic E-state index is -0.275. The number of aromatic nitrogens is 3. The minimum Gasteiger partial charge on any atom is -0.481 e. The number of benzene rings is 1. The molecule has 0 aliphatic heterocycles. The van der Waals surface area contributed by atoms with Gasteiger partial charge in [0, 0.05) is 42.9 Å². The van der Waals surface area contributed by atoms with Crippen molar-refractivity contribution < 1.29 is 9.53 Å². The van der Waals surface area contributed by atoms with E-state index in [0.29, 0.717) is 5.88 Å². The Morgan fingerprint density at radius 3 is 2.85 bits per heavy atom. The number of amides is 2. The zero-order valence-electron chi connectivity index (χ0n) is 19.5. The molecule has 0 bridgehead atoms. The molecule has 3 aromatic rings. The summed E-state index contributed by atoms with van der Waals surface area (Å²) in [5, 5.41) is 8.47. The number of carbonyl (C=O) groups excluding carboxylic acids is 1. The predicted molar refractivity (Wildman–Crippen MR) is 132 cm³/mol. The number of nitrogens with zero attached hydrogens (tertiary/aromatic N) is 4. The highest BCUT2D eigenvalue weighted by Crippen LogP contribution is 2.38. The molecule has 33 heavy (non-hydrogen) atoms. The molecular formula is C24H30N6O2S. The number of nitrogens with one attached hydrogen (secondary N) is 2. The lowest BCUT2D eigenvalue weighted by atomic mass is 9.98. The van der Waals surface area contributed by atoms with Crippen molar-refractivity contribution in [3.05, 3.63) is 53.3 Å². The molecule has 1 aliphatic rings. The van der Waals surface area contributed by atoms with Gasteiger partial charge in [-0.25, -0.2) is 9.78 Å². The van der Waals surface area contributed by atoms with Crippen molar-refractivity contribution in [2.24, 2.45) is 0 Å². The van der Waals surface area contributed by atoms with Gasteiger partial charge >= 0.3 is 6.03 Å². The molecule has 0 fully saturated rings. The highest BCUT2D eigenvalue weighted by atomic mass is 32.2. The van der Waals surface area contributed by atoms with Crippen LogP contribution in [0.3, 0.4) is 0 Å². The van der Waals surface area contributed by atoms with Gasteiger partial charge in [0.25, 0.3) is 0 Å². The quantitative estimate of drug-likeness (QED) is 0.480. The molecule has 2 aromatic heterocycles. The lowest BCUT2D eigenvalue weighted by Crippen LogP contribution is -2.24. The van der Waals surface area contributed by atoms with Crippen LogP contribution in [0.4, 0.5) is 10.5 Å². The number of carbonyl (C=O) groups is 1. The molecule has 9 heteroatoms. The molecule has 2 amide bonds. The van der Waals surface area contributed by atoms with Crippen LogP contribution in [0.2, 0.25) is 0 Å². The standard InChI is InChI=1S/C24H30N6O2S/c1-5-30-18(15-29(2)3)14-22(27-30)33-28-24(31)26-23-19-8-6-7-16(19)9-10-20(23)17-11-12-25-21(13-17)32-4/h9-14H,5-8,15H2,1-4H3,(H2,26,28,31). The summed E-state index contributed by atoms with van der Waals surface area (Å²) in [4.78, 5) is 19.2. The molecule has 1 aromatic carbocycles. The molecule has 174 valence electrons. The van der Waals surface area contributed by atoms with Gasteiger partial charge in [0.15, 0.2) is 0 Å². The second kappa shape index (κ2) is 10.3. The highest BCUT2D eigenvalue weighted by molar-refractivity contribution is 7.97. The average Bonchev–Trinajstić information content (AvgIpc) is 3.44. The molecule has 4 rings (SSSR count).